The number of imide groups is 1. The summed E-state index contributed by atoms with van der Waals surface area (Å²) < 4.78 is 6.68. The summed E-state index contributed by atoms with van der Waals surface area (Å²) in [6.07, 6.45) is 1.69. The summed E-state index contributed by atoms with van der Waals surface area (Å²) in [7, 11) is 0. The SMILES string of the molecule is Cc1ccc(NC(=O)COc2ccc(/C=C3\SC(=O)N(Cc4ccc(I)cc4)C3=O)cc2)c(C)c1. The molecule has 1 heterocycles. The topological polar surface area (TPSA) is 75.7 Å². The van der Waals surface area contributed by atoms with E-state index in [2.05, 4.69) is 27.9 Å². The first kappa shape index (κ1) is 25.0. The van der Waals surface area contributed by atoms with Crippen molar-refractivity contribution in [1.29, 1.82) is 0 Å². The van der Waals surface area contributed by atoms with Gasteiger partial charge in [-0.05, 0) is 101 Å². The van der Waals surface area contributed by atoms with Gasteiger partial charge in [-0.15, -0.1) is 0 Å². The van der Waals surface area contributed by atoms with Gasteiger partial charge in [-0.1, -0.05) is 42.0 Å². The Labute approximate surface area is 221 Å². The number of amides is 3. The first-order valence-electron chi connectivity index (χ1n) is 10.9. The van der Waals surface area contributed by atoms with E-state index in [0.29, 0.717) is 10.7 Å². The van der Waals surface area contributed by atoms with Crippen molar-refractivity contribution in [1.82, 2.24) is 4.90 Å². The quantitative estimate of drug-likeness (QED) is 0.261. The predicted octanol–water partition coefficient (Wildman–Crippen LogP) is 6.16. The smallest absolute Gasteiger partial charge is 0.293 e. The standard InChI is InChI=1S/C27H23IN2O4S/c1-17-3-12-23(18(2)13-17)29-25(31)16-34-22-10-6-19(7-11-22)14-24-26(32)30(27(33)35-24)15-20-4-8-21(28)9-5-20/h3-14H,15-16H2,1-2H3,(H,29,31)/b24-14-. The number of hydrogen-bond acceptors (Lipinski definition) is 5. The van der Waals surface area contributed by atoms with Gasteiger partial charge < -0.3 is 10.1 Å². The minimum absolute atomic E-state index is 0.121. The number of carbonyl (C=O) groups excluding carboxylic acids is 3. The number of thioether (sulfide) groups is 1. The molecule has 6 nitrogen and oxygen atoms in total. The number of aryl methyl sites for hydroxylation is 2. The summed E-state index contributed by atoms with van der Waals surface area (Å²) in [5, 5.41) is 2.57. The molecule has 4 rings (SSSR count). The molecule has 0 aliphatic carbocycles. The molecule has 0 unspecified atom stereocenters. The molecule has 1 N–H and O–H groups in total. The molecular weight excluding hydrogens is 575 g/mol. The van der Waals surface area contributed by atoms with Crippen LogP contribution in [0.15, 0.2) is 71.6 Å². The maximum absolute atomic E-state index is 12.8. The molecule has 3 aromatic rings. The van der Waals surface area contributed by atoms with Crippen LogP contribution in [0.2, 0.25) is 0 Å². The number of ether oxygens (including phenoxy) is 1. The highest BCUT2D eigenvalue weighted by Gasteiger charge is 2.34. The Balaban J connectivity index is 1.34. The third-order valence-corrected chi connectivity index (χ3v) is 6.96. The molecule has 35 heavy (non-hydrogen) atoms. The van der Waals surface area contributed by atoms with Gasteiger partial charge in [0, 0.05) is 9.26 Å². The van der Waals surface area contributed by atoms with Crippen molar-refractivity contribution in [3.63, 3.8) is 0 Å². The lowest BCUT2D eigenvalue weighted by Crippen LogP contribution is -2.27. The number of hydrogen-bond donors (Lipinski definition) is 1. The van der Waals surface area contributed by atoms with E-state index < -0.39 is 0 Å². The maximum Gasteiger partial charge on any atom is 0.293 e. The molecule has 0 atom stereocenters. The van der Waals surface area contributed by atoms with Crippen molar-refractivity contribution in [2.24, 2.45) is 0 Å². The minimum Gasteiger partial charge on any atom is -0.484 e. The van der Waals surface area contributed by atoms with E-state index in [-0.39, 0.29) is 30.2 Å². The van der Waals surface area contributed by atoms with E-state index in [1.807, 2.05) is 56.3 Å². The van der Waals surface area contributed by atoms with Gasteiger partial charge in [0.15, 0.2) is 6.61 Å². The molecular formula is C27H23IN2O4S. The van der Waals surface area contributed by atoms with Crippen LogP contribution in [0.5, 0.6) is 5.75 Å². The lowest BCUT2D eigenvalue weighted by atomic mass is 10.1. The third-order valence-electron chi connectivity index (χ3n) is 5.33. The van der Waals surface area contributed by atoms with Crippen molar-refractivity contribution in [3.05, 3.63) is 97.5 Å². The molecule has 1 aliphatic heterocycles. The molecule has 1 aliphatic rings. The van der Waals surface area contributed by atoms with E-state index >= 15 is 0 Å². The first-order valence-corrected chi connectivity index (χ1v) is 12.8. The molecule has 0 aromatic heterocycles. The fraction of sp³-hybridized carbons (Fsp3) is 0.148. The average molecular weight is 598 g/mol. The molecule has 3 aromatic carbocycles. The van der Waals surface area contributed by atoms with Gasteiger partial charge in [-0.2, -0.15) is 0 Å². The van der Waals surface area contributed by atoms with Crippen LogP contribution < -0.4 is 10.1 Å². The Morgan fingerprint density at radius 2 is 1.74 bits per heavy atom. The fourth-order valence-corrected chi connectivity index (χ4v) is 4.71. The van der Waals surface area contributed by atoms with Crippen LogP contribution in [0.4, 0.5) is 10.5 Å². The zero-order valence-electron chi connectivity index (χ0n) is 19.2. The van der Waals surface area contributed by atoms with Crippen molar-refractivity contribution in [2.45, 2.75) is 20.4 Å². The second-order valence-corrected chi connectivity index (χ2v) is 10.4. The van der Waals surface area contributed by atoms with Crippen LogP contribution in [-0.2, 0) is 16.1 Å². The summed E-state index contributed by atoms with van der Waals surface area (Å²) >= 11 is 3.15. The van der Waals surface area contributed by atoms with E-state index in [1.54, 1.807) is 30.3 Å². The van der Waals surface area contributed by atoms with Crippen LogP contribution in [0, 0.1) is 17.4 Å². The highest BCUT2D eigenvalue weighted by Crippen LogP contribution is 2.33. The summed E-state index contributed by atoms with van der Waals surface area (Å²) in [5.41, 5.74) is 4.54. The Morgan fingerprint density at radius 1 is 1.03 bits per heavy atom. The molecule has 1 fully saturated rings. The van der Waals surface area contributed by atoms with E-state index in [0.717, 1.165) is 43.3 Å². The Kier molecular flexibility index (Phi) is 7.92. The number of carbonyl (C=O) groups is 3. The summed E-state index contributed by atoms with van der Waals surface area (Å²) in [6.45, 7) is 4.07. The zero-order chi connectivity index (χ0) is 24.9. The highest BCUT2D eigenvalue weighted by molar-refractivity contribution is 14.1. The van der Waals surface area contributed by atoms with Crippen molar-refractivity contribution >= 4 is 63.2 Å². The number of benzene rings is 3. The Morgan fingerprint density at radius 3 is 2.43 bits per heavy atom. The molecule has 1 saturated heterocycles. The zero-order valence-corrected chi connectivity index (χ0v) is 22.2. The van der Waals surface area contributed by atoms with Gasteiger partial charge in [0.25, 0.3) is 17.1 Å². The monoisotopic (exact) mass is 598 g/mol. The van der Waals surface area contributed by atoms with Crippen molar-refractivity contribution in [2.75, 3.05) is 11.9 Å². The number of nitrogens with one attached hydrogen (secondary N) is 1. The summed E-state index contributed by atoms with van der Waals surface area (Å²) in [6, 6.07) is 20.6. The third kappa shape index (κ3) is 6.52. The molecule has 0 radical (unpaired) electrons. The van der Waals surface area contributed by atoms with Crippen LogP contribution in [0.1, 0.15) is 22.3 Å². The lowest BCUT2D eigenvalue weighted by molar-refractivity contribution is -0.123. The normalized spacial score (nSPS) is 14.5. The van der Waals surface area contributed by atoms with Crippen molar-refractivity contribution in [3.8, 4) is 5.75 Å². The van der Waals surface area contributed by atoms with Gasteiger partial charge in [0.2, 0.25) is 0 Å². The molecule has 178 valence electrons. The minimum atomic E-state index is -0.304. The number of rotatable bonds is 7. The largest absolute Gasteiger partial charge is 0.484 e. The lowest BCUT2D eigenvalue weighted by Gasteiger charge is -2.12. The van der Waals surface area contributed by atoms with Gasteiger partial charge >= 0.3 is 0 Å². The van der Waals surface area contributed by atoms with Gasteiger partial charge in [-0.25, -0.2) is 0 Å². The second-order valence-electron chi connectivity index (χ2n) is 8.12. The van der Waals surface area contributed by atoms with Crippen LogP contribution in [0.25, 0.3) is 6.08 Å². The predicted molar refractivity (Wildman–Crippen MR) is 147 cm³/mol. The number of halogens is 1. The molecule has 0 spiro atoms. The molecule has 0 bridgehead atoms. The van der Waals surface area contributed by atoms with Crippen LogP contribution in [0.3, 0.4) is 0 Å². The Hall–Kier alpha value is -3.11. The average Bonchev–Trinajstić information content (AvgIpc) is 3.09. The fourth-order valence-electron chi connectivity index (χ4n) is 3.51. The van der Waals surface area contributed by atoms with Gasteiger partial charge in [-0.3, -0.25) is 19.3 Å². The molecule has 3 amide bonds. The number of nitrogens with zero attached hydrogens (tertiary/aromatic N) is 1. The van der Waals surface area contributed by atoms with Gasteiger partial charge in [0.1, 0.15) is 5.75 Å². The summed E-state index contributed by atoms with van der Waals surface area (Å²) in [4.78, 5) is 39.0. The van der Waals surface area contributed by atoms with Gasteiger partial charge in [0.05, 0.1) is 11.4 Å². The molecule has 8 heteroatoms. The number of anilines is 1. The Bertz CT molecular complexity index is 1300. The van der Waals surface area contributed by atoms with E-state index in [4.69, 9.17) is 4.74 Å². The molecule has 0 saturated carbocycles. The highest BCUT2D eigenvalue weighted by atomic mass is 127. The second kappa shape index (κ2) is 11.1. The van der Waals surface area contributed by atoms with E-state index in [9.17, 15) is 14.4 Å². The van der Waals surface area contributed by atoms with Crippen LogP contribution >= 0.6 is 34.4 Å². The first-order chi connectivity index (χ1) is 16.8. The van der Waals surface area contributed by atoms with Crippen LogP contribution in [-0.4, -0.2) is 28.6 Å². The van der Waals surface area contributed by atoms with Crippen molar-refractivity contribution < 1.29 is 19.1 Å². The maximum atomic E-state index is 12.8. The summed E-state index contributed by atoms with van der Waals surface area (Å²) in [5.74, 6) is -0.0190. The van der Waals surface area contributed by atoms with E-state index in [1.165, 1.54) is 4.90 Å².